The molecular formula is C35H49BrN2O7. The molecule has 3 aliphatic rings. The van der Waals surface area contributed by atoms with Crippen LogP contribution in [-0.4, -0.2) is 65.7 Å². The van der Waals surface area contributed by atoms with Crippen molar-refractivity contribution in [2.45, 2.75) is 97.6 Å². The van der Waals surface area contributed by atoms with Gasteiger partial charge in [0.05, 0.1) is 35.1 Å². The summed E-state index contributed by atoms with van der Waals surface area (Å²) in [6.07, 6.45) is 6.87. The van der Waals surface area contributed by atoms with Gasteiger partial charge in [0.2, 0.25) is 5.91 Å². The van der Waals surface area contributed by atoms with Crippen LogP contribution in [0, 0.1) is 29.1 Å². The number of hydrogen-bond acceptors (Lipinski definition) is 8. The van der Waals surface area contributed by atoms with Gasteiger partial charge < -0.3 is 24.4 Å². The summed E-state index contributed by atoms with van der Waals surface area (Å²) < 4.78 is 18.5. The Labute approximate surface area is 275 Å². The molecule has 0 aromatic heterocycles. The predicted octanol–water partition coefficient (Wildman–Crippen LogP) is 5.73. The molecule has 1 aliphatic heterocycles. The molecule has 2 aliphatic carbocycles. The van der Waals surface area contributed by atoms with Gasteiger partial charge in [-0.1, -0.05) is 51.1 Å². The Morgan fingerprint density at radius 3 is 2.69 bits per heavy atom. The average molecular weight is 690 g/mol. The number of amidine groups is 1. The molecule has 2 unspecified atom stereocenters. The van der Waals surface area contributed by atoms with Crippen LogP contribution >= 0.6 is 15.9 Å². The van der Waals surface area contributed by atoms with E-state index < -0.39 is 23.5 Å². The second-order valence-electron chi connectivity index (χ2n) is 13.5. The maximum atomic E-state index is 13.0. The molecule has 248 valence electrons. The minimum atomic E-state index is -1.02. The molecule has 8 atom stereocenters. The minimum Gasteiger partial charge on any atom is -0.488 e. The first-order valence-electron chi connectivity index (χ1n) is 16.2. The number of esters is 1. The van der Waals surface area contributed by atoms with Gasteiger partial charge in [0, 0.05) is 5.92 Å². The van der Waals surface area contributed by atoms with Crippen molar-refractivity contribution in [3.8, 4) is 5.75 Å². The van der Waals surface area contributed by atoms with Gasteiger partial charge in [0.15, 0.2) is 6.10 Å². The topological polar surface area (TPSA) is 127 Å². The Kier molecular flexibility index (Phi) is 12.3. The van der Waals surface area contributed by atoms with E-state index in [9.17, 15) is 19.8 Å². The lowest BCUT2D eigenvalue weighted by molar-refractivity contribution is -0.164. The van der Waals surface area contributed by atoms with Crippen LogP contribution in [-0.2, 0) is 19.1 Å². The molecule has 1 amide bonds. The smallest absolute Gasteiger partial charge is 0.311 e. The van der Waals surface area contributed by atoms with Crippen molar-refractivity contribution in [3.63, 3.8) is 0 Å². The molecule has 0 saturated heterocycles. The standard InChI is InChI=1S/C35H49BrN2O7/c1-6-35(4,5)33(42)45-30-16-21(2)15-23-12-11-22(3)27(32(23)30)14-13-24(39)17-25(40)18-31(41)38-34-37-19-26(44-34)20-43-29-10-8-7-9-28(29)36/h7-12,15,21-22,24-27,30,32,39-40H,6,13-14,16-20H2,1-5H3,(H,37,38,41)/t21-,22-,24+,25+,26?,27-,30-,32?/m0/s1. The number of carbonyl (C=O) groups excluding carboxylic acids is 2. The van der Waals surface area contributed by atoms with Crippen LogP contribution in [0.5, 0.6) is 5.75 Å². The fraction of sp³-hybridized carbons (Fsp3) is 0.629. The number of carbonyl (C=O) groups is 2. The van der Waals surface area contributed by atoms with E-state index in [1.807, 2.05) is 45.0 Å². The molecule has 0 bridgehead atoms. The fourth-order valence-corrected chi connectivity index (χ4v) is 6.66. The lowest BCUT2D eigenvalue weighted by Gasteiger charge is -2.44. The molecule has 1 heterocycles. The lowest BCUT2D eigenvalue weighted by atomic mass is 9.65. The first-order valence-corrected chi connectivity index (χ1v) is 17.0. The summed E-state index contributed by atoms with van der Waals surface area (Å²) in [4.78, 5) is 29.8. The van der Waals surface area contributed by atoms with E-state index in [1.165, 1.54) is 5.57 Å². The Hall–Kier alpha value is -2.69. The molecule has 0 saturated carbocycles. The molecule has 0 spiro atoms. The molecule has 3 N–H and O–H groups in total. The van der Waals surface area contributed by atoms with Crippen LogP contribution in [0.3, 0.4) is 0 Å². The molecule has 4 rings (SSSR count). The Morgan fingerprint density at radius 1 is 1.20 bits per heavy atom. The second-order valence-corrected chi connectivity index (χ2v) is 14.3. The molecule has 1 aromatic carbocycles. The highest BCUT2D eigenvalue weighted by molar-refractivity contribution is 9.10. The molecule has 0 fully saturated rings. The van der Waals surface area contributed by atoms with Gasteiger partial charge in [0.25, 0.3) is 6.02 Å². The van der Waals surface area contributed by atoms with Crippen molar-refractivity contribution in [1.82, 2.24) is 5.32 Å². The number of aliphatic hydroxyl groups excluding tert-OH is 2. The highest BCUT2D eigenvalue weighted by Gasteiger charge is 2.43. The summed E-state index contributed by atoms with van der Waals surface area (Å²) in [5.74, 6) is 0.904. The zero-order chi connectivity index (χ0) is 32.7. The molecule has 45 heavy (non-hydrogen) atoms. The van der Waals surface area contributed by atoms with E-state index in [0.29, 0.717) is 37.5 Å². The van der Waals surface area contributed by atoms with Gasteiger partial charge in [0.1, 0.15) is 18.5 Å². The lowest BCUT2D eigenvalue weighted by Crippen LogP contribution is -2.43. The van der Waals surface area contributed by atoms with E-state index in [4.69, 9.17) is 14.2 Å². The third-order valence-electron chi connectivity index (χ3n) is 9.31. The number of aliphatic imine (C=N–C) groups is 1. The summed E-state index contributed by atoms with van der Waals surface area (Å²) in [6, 6.07) is 7.61. The van der Waals surface area contributed by atoms with Crippen LogP contribution in [0.2, 0.25) is 0 Å². The number of ether oxygens (including phenoxy) is 3. The van der Waals surface area contributed by atoms with Gasteiger partial charge in [-0.15, -0.1) is 0 Å². The minimum absolute atomic E-state index is 0.0661. The SMILES string of the molecule is CCC(C)(C)C(=O)O[C@H]1C[C@@H](C)C=C2C=C[C@H](C)[C@H](CC[C@@H](O)C[C@@H](O)CC(=O)NC3=NCC(COc4ccccc4Br)O3)C21. The number of amides is 1. The number of rotatable bonds is 13. The molecule has 9 nitrogen and oxygen atoms in total. The monoisotopic (exact) mass is 688 g/mol. The van der Waals surface area contributed by atoms with Crippen LogP contribution in [0.25, 0.3) is 0 Å². The van der Waals surface area contributed by atoms with Crippen molar-refractivity contribution in [2.24, 2.45) is 34.1 Å². The Morgan fingerprint density at radius 2 is 1.96 bits per heavy atom. The summed E-state index contributed by atoms with van der Waals surface area (Å²) >= 11 is 3.44. The molecule has 10 heteroatoms. The number of nitrogens with zero attached hydrogens (tertiary/aromatic N) is 1. The highest BCUT2D eigenvalue weighted by atomic mass is 79.9. The fourth-order valence-electron chi connectivity index (χ4n) is 6.26. The van der Waals surface area contributed by atoms with Gasteiger partial charge in [-0.2, -0.15) is 0 Å². The number of fused-ring (bicyclic) bond motifs is 1. The number of benzene rings is 1. The number of aliphatic hydroxyl groups is 2. The van der Waals surface area contributed by atoms with Crippen molar-refractivity contribution < 1.29 is 34.0 Å². The number of para-hydroxylation sites is 1. The third-order valence-corrected chi connectivity index (χ3v) is 9.97. The first kappa shape index (κ1) is 35.2. The predicted molar refractivity (Wildman–Crippen MR) is 177 cm³/mol. The van der Waals surface area contributed by atoms with E-state index >= 15 is 0 Å². The number of hydrogen-bond donors (Lipinski definition) is 3. The Bertz CT molecular complexity index is 1280. The van der Waals surface area contributed by atoms with E-state index in [-0.39, 0.29) is 61.4 Å². The van der Waals surface area contributed by atoms with E-state index in [0.717, 1.165) is 10.9 Å². The first-order chi connectivity index (χ1) is 21.4. The van der Waals surface area contributed by atoms with Crippen LogP contribution in [0.1, 0.15) is 73.1 Å². The molecule has 0 radical (unpaired) electrons. The van der Waals surface area contributed by atoms with Crippen molar-refractivity contribution >= 4 is 33.8 Å². The summed E-state index contributed by atoms with van der Waals surface area (Å²) in [7, 11) is 0. The van der Waals surface area contributed by atoms with Gasteiger partial charge in [-0.3, -0.25) is 14.9 Å². The zero-order valence-corrected chi connectivity index (χ0v) is 28.7. The number of allylic oxidation sites excluding steroid dienone is 3. The Balaban J connectivity index is 1.23. The van der Waals surface area contributed by atoms with Gasteiger partial charge in [-0.25, -0.2) is 4.99 Å². The van der Waals surface area contributed by atoms with Crippen molar-refractivity contribution in [1.29, 1.82) is 0 Å². The number of halogens is 1. The average Bonchev–Trinajstić information content (AvgIpc) is 3.42. The molecule has 1 aromatic rings. The maximum Gasteiger partial charge on any atom is 0.311 e. The summed E-state index contributed by atoms with van der Waals surface area (Å²) in [5, 5.41) is 24.1. The maximum absolute atomic E-state index is 13.0. The van der Waals surface area contributed by atoms with Crippen LogP contribution in [0.15, 0.2) is 57.5 Å². The third kappa shape index (κ3) is 9.66. The molecular weight excluding hydrogens is 640 g/mol. The van der Waals surface area contributed by atoms with Crippen molar-refractivity contribution in [2.75, 3.05) is 13.2 Å². The van der Waals surface area contributed by atoms with E-state index in [1.54, 1.807) is 0 Å². The quantitative estimate of drug-likeness (QED) is 0.226. The largest absolute Gasteiger partial charge is 0.488 e. The van der Waals surface area contributed by atoms with Crippen LogP contribution in [0.4, 0.5) is 0 Å². The zero-order valence-electron chi connectivity index (χ0n) is 27.1. The van der Waals surface area contributed by atoms with E-state index in [2.05, 4.69) is 58.3 Å². The summed E-state index contributed by atoms with van der Waals surface area (Å²) in [5.41, 5.74) is 0.662. The second kappa shape index (κ2) is 15.7. The highest BCUT2D eigenvalue weighted by Crippen LogP contribution is 2.45. The number of nitrogens with one attached hydrogen (secondary N) is 1. The summed E-state index contributed by atoms with van der Waals surface area (Å²) in [6.45, 7) is 10.8. The van der Waals surface area contributed by atoms with Crippen molar-refractivity contribution in [3.05, 3.63) is 52.5 Å². The van der Waals surface area contributed by atoms with Gasteiger partial charge >= 0.3 is 5.97 Å². The van der Waals surface area contributed by atoms with Gasteiger partial charge in [-0.05, 0) is 97.3 Å². The van der Waals surface area contributed by atoms with Crippen LogP contribution < -0.4 is 10.1 Å². The normalized spacial score (nSPS) is 27.4.